The Labute approximate surface area is 120 Å². The highest BCUT2D eigenvalue weighted by Gasteiger charge is 2.06. The van der Waals surface area contributed by atoms with Crippen LogP contribution < -0.4 is 10.5 Å². The molecule has 0 saturated carbocycles. The first-order chi connectivity index (χ1) is 9.76. The lowest BCUT2D eigenvalue weighted by Crippen LogP contribution is -1.98. The van der Waals surface area contributed by atoms with Crippen LogP contribution in [0.4, 0.5) is 0 Å². The Balaban J connectivity index is 1.90. The lowest BCUT2D eigenvalue weighted by Gasteiger charge is -2.06. The summed E-state index contributed by atoms with van der Waals surface area (Å²) >= 11 is 6.07. The van der Waals surface area contributed by atoms with E-state index in [2.05, 4.69) is 15.2 Å². The van der Waals surface area contributed by atoms with E-state index in [-0.39, 0.29) is 6.01 Å². The highest BCUT2D eigenvalue weighted by molar-refractivity contribution is 6.31. The standard InChI is InChI=1S/C14H11ClN4O/c15-11-7-10(6-5-9(11)8-16)20-14-17-12-3-1-2-4-13(12)18-19-14/h1-7H,8,16H2. The topological polar surface area (TPSA) is 73.9 Å². The van der Waals surface area contributed by atoms with E-state index in [0.29, 0.717) is 17.3 Å². The van der Waals surface area contributed by atoms with E-state index in [4.69, 9.17) is 22.1 Å². The summed E-state index contributed by atoms with van der Waals surface area (Å²) in [5.74, 6) is 0.546. The minimum absolute atomic E-state index is 0.181. The molecular weight excluding hydrogens is 276 g/mol. The van der Waals surface area contributed by atoms with Crippen LogP contribution in [0.3, 0.4) is 0 Å². The molecule has 0 aliphatic heterocycles. The first-order valence-corrected chi connectivity index (χ1v) is 6.40. The molecule has 0 radical (unpaired) electrons. The zero-order valence-corrected chi connectivity index (χ0v) is 11.2. The third-order valence-corrected chi connectivity index (χ3v) is 3.15. The highest BCUT2D eigenvalue weighted by Crippen LogP contribution is 2.25. The van der Waals surface area contributed by atoms with Crippen molar-refractivity contribution >= 4 is 22.6 Å². The molecule has 1 aromatic heterocycles. The minimum Gasteiger partial charge on any atom is -0.423 e. The molecule has 1 heterocycles. The Morgan fingerprint density at radius 2 is 1.85 bits per heavy atom. The molecule has 100 valence electrons. The van der Waals surface area contributed by atoms with Crippen LogP contribution in [-0.2, 0) is 6.54 Å². The van der Waals surface area contributed by atoms with E-state index in [1.165, 1.54) is 0 Å². The molecule has 0 amide bonds. The van der Waals surface area contributed by atoms with Gasteiger partial charge in [0.1, 0.15) is 11.3 Å². The smallest absolute Gasteiger partial charge is 0.341 e. The fourth-order valence-corrected chi connectivity index (χ4v) is 2.02. The second kappa shape index (κ2) is 5.40. The molecule has 0 fully saturated rings. The Kier molecular flexibility index (Phi) is 3.45. The average molecular weight is 287 g/mol. The number of halogens is 1. The van der Waals surface area contributed by atoms with Crippen molar-refractivity contribution in [2.45, 2.75) is 6.54 Å². The first-order valence-electron chi connectivity index (χ1n) is 6.02. The third-order valence-electron chi connectivity index (χ3n) is 2.79. The Hall–Kier alpha value is -2.24. The van der Waals surface area contributed by atoms with Crippen molar-refractivity contribution in [1.29, 1.82) is 0 Å². The molecule has 0 aliphatic carbocycles. The van der Waals surface area contributed by atoms with Gasteiger partial charge in [-0.2, -0.15) is 4.98 Å². The lowest BCUT2D eigenvalue weighted by atomic mass is 10.2. The summed E-state index contributed by atoms with van der Waals surface area (Å²) < 4.78 is 5.56. The number of para-hydroxylation sites is 1. The van der Waals surface area contributed by atoms with Crippen molar-refractivity contribution in [1.82, 2.24) is 15.2 Å². The second-order valence-corrected chi connectivity index (χ2v) is 4.55. The summed E-state index contributed by atoms with van der Waals surface area (Å²) in [6.45, 7) is 0.382. The van der Waals surface area contributed by atoms with Crippen LogP contribution in [0, 0.1) is 0 Å². The molecule has 6 heteroatoms. The molecule has 0 spiro atoms. The number of nitrogens with zero attached hydrogens (tertiary/aromatic N) is 3. The number of aromatic nitrogens is 3. The molecule has 2 aromatic carbocycles. The number of ether oxygens (including phenoxy) is 1. The minimum atomic E-state index is 0.181. The summed E-state index contributed by atoms with van der Waals surface area (Å²) in [6, 6.07) is 12.9. The molecule has 5 nitrogen and oxygen atoms in total. The fourth-order valence-electron chi connectivity index (χ4n) is 1.77. The van der Waals surface area contributed by atoms with Gasteiger partial charge in [0.05, 0.1) is 5.52 Å². The van der Waals surface area contributed by atoms with Gasteiger partial charge in [0.2, 0.25) is 0 Å². The molecule has 2 N–H and O–H groups in total. The van der Waals surface area contributed by atoms with Crippen molar-refractivity contribution in [3.05, 3.63) is 53.1 Å². The summed E-state index contributed by atoms with van der Waals surface area (Å²) in [4.78, 5) is 4.28. The van der Waals surface area contributed by atoms with E-state index in [1.807, 2.05) is 30.3 Å². The largest absolute Gasteiger partial charge is 0.423 e. The van der Waals surface area contributed by atoms with E-state index in [0.717, 1.165) is 16.6 Å². The van der Waals surface area contributed by atoms with Crippen molar-refractivity contribution in [2.75, 3.05) is 0 Å². The van der Waals surface area contributed by atoms with Crippen LogP contribution in [-0.4, -0.2) is 15.2 Å². The molecule has 0 bridgehead atoms. The van der Waals surface area contributed by atoms with Crippen molar-refractivity contribution in [3.8, 4) is 11.8 Å². The molecule has 0 saturated heterocycles. The van der Waals surface area contributed by atoms with Crippen LogP contribution in [0.25, 0.3) is 11.0 Å². The number of nitrogens with two attached hydrogens (primary N) is 1. The molecule has 0 unspecified atom stereocenters. The molecular formula is C14H11ClN4O. The number of rotatable bonds is 3. The number of benzene rings is 2. The van der Waals surface area contributed by atoms with Gasteiger partial charge in [-0.25, -0.2) is 0 Å². The Morgan fingerprint density at radius 1 is 1.05 bits per heavy atom. The summed E-state index contributed by atoms with van der Waals surface area (Å²) in [7, 11) is 0. The van der Waals surface area contributed by atoms with Gasteiger partial charge in [-0.05, 0) is 29.8 Å². The van der Waals surface area contributed by atoms with Gasteiger partial charge >= 0.3 is 6.01 Å². The Morgan fingerprint density at radius 3 is 2.60 bits per heavy atom. The molecule has 0 aliphatic rings. The predicted molar refractivity (Wildman–Crippen MR) is 76.8 cm³/mol. The monoisotopic (exact) mass is 286 g/mol. The van der Waals surface area contributed by atoms with Gasteiger partial charge in [0.15, 0.2) is 0 Å². The fraction of sp³-hybridized carbons (Fsp3) is 0.0714. The first kappa shape index (κ1) is 12.8. The zero-order chi connectivity index (χ0) is 13.9. The normalized spacial score (nSPS) is 10.7. The maximum Gasteiger partial charge on any atom is 0.341 e. The Bertz CT molecular complexity index is 763. The van der Waals surface area contributed by atoms with Gasteiger partial charge in [-0.1, -0.05) is 34.9 Å². The molecule has 3 rings (SSSR count). The maximum atomic E-state index is 6.07. The quantitative estimate of drug-likeness (QED) is 0.801. The van der Waals surface area contributed by atoms with E-state index >= 15 is 0 Å². The second-order valence-electron chi connectivity index (χ2n) is 4.14. The van der Waals surface area contributed by atoms with E-state index in [9.17, 15) is 0 Å². The average Bonchev–Trinajstić information content (AvgIpc) is 2.47. The molecule has 20 heavy (non-hydrogen) atoms. The SMILES string of the molecule is NCc1ccc(Oc2nnc3ccccc3n2)cc1Cl. The van der Waals surface area contributed by atoms with Crippen LogP contribution in [0.2, 0.25) is 5.02 Å². The zero-order valence-electron chi connectivity index (χ0n) is 10.5. The van der Waals surface area contributed by atoms with Crippen molar-refractivity contribution < 1.29 is 4.74 Å². The van der Waals surface area contributed by atoms with Gasteiger partial charge < -0.3 is 10.5 Å². The van der Waals surface area contributed by atoms with Crippen LogP contribution >= 0.6 is 11.6 Å². The third kappa shape index (κ3) is 2.54. The van der Waals surface area contributed by atoms with Crippen LogP contribution in [0.5, 0.6) is 11.8 Å². The van der Waals surface area contributed by atoms with Gasteiger partial charge in [0, 0.05) is 11.6 Å². The van der Waals surface area contributed by atoms with Crippen LogP contribution in [0.1, 0.15) is 5.56 Å². The number of hydrogen-bond acceptors (Lipinski definition) is 5. The van der Waals surface area contributed by atoms with Crippen molar-refractivity contribution in [2.24, 2.45) is 5.73 Å². The summed E-state index contributed by atoms with van der Waals surface area (Å²) in [5, 5.41) is 8.52. The predicted octanol–water partition coefficient (Wildman–Crippen LogP) is 2.93. The van der Waals surface area contributed by atoms with Crippen molar-refractivity contribution in [3.63, 3.8) is 0 Å². The maximum absolute atomic E-state index is 6.07. The van der Waals surface area contributed by atoms with Crippen LogP contribution in [0.15, 0.2) is 42.5 Å². The van der Waals surface area contributed by atoms with Gasteiger partial charge in [0.25, 0.3) is 0 Å². The number of hydrogen-bond donors (Lipinski definition) is 1. The summed E-state index contributed by atoms with van der Waals surface area (Å²) in [6.07, 6.45) is 0. The van der Waals surface area contributed by atoms with E-state index < -0.39 is 0 Å². The van der Waals surface area contributed by atoms with Gasteiger partial charge in [-0.15, -0.1) is 5.10 Å². The summed E-state index contributed by atoms with van der Waals surface area (Å²) in [5.41, 5.74) is 7.86. The lowest BCUT2D eigenvalue weighted by molar-refractivity contribution is 0.437. The number of fused-ring (bicyclic) bond motifs is 1. The van der Waals surface area contributed by atoms with Gasteiger partial charge in [-0.3, -0.25) is 0 Å². The molecule has 0 atom stereocenters. The van der Waals surface area contributed by atoms with E-state index in [1.54, 1.807) is 12.1 Å². The molecule has 3 aromatic rings. The highest BCUT2D eigenvalue weighted by atomic mass is 35.5.